The Hall–Kier alpha value is -1.36. The molecule has 0 fully saturated rings. The standard InChI is InChI=1S/C11H8BrFO3/c1-5-3-6-9(12)8(13)4-7(10(6)16-5)11(14)15-2/h3-4H,1-2H3. The van der Waals surface area contributed by atoms with E-state index in [1.807, 2.05) is 0 Å². The Morgan fingerprint density at radius 2 is 2.19 bits per heavy atom. The lowest BCUT2D eigenvalue weighted by Crippen LogP contribution is -2.02. The lowest BCUT2D eigenvalue weighted by atomic mass is 10.1. The summed E-state index contributed by atoms with van der Waals surface area (Å²) in [4.78, 5) is 11.4. The highest BCUT2D eigenvalue weighted by Crippen LogP contribution is 2.32. The van der Waals surface area contributed by atoms with Gasteiger partial charge in [-0.05, 0) is 35.0 Å². The van der Waals surface area contributed by atoms with E-state index in [0.717, 1.165) is 6.07 Å². The number of aryl methyl sites for hydroxylation is 1. The summed E-state index contributed by atoms with van der Waals surface area (Å²) in [6.45, 7) is 1.73. The van der Waals surface area contributed by atoms with Crippen molar-refractivity contribution in [2.24, 2.45) is 0 Å². The van der Waals surface area contributed by atoms with E-state index in [-0.39, 0.29) is 10.0 Å². The Balaban J connectivity index is 2.84. The van der Waals surface area contributed by atoms with Crippen molar-refractivity contribution in [2.75, 3.05) is 7.11 Å². The largest absolute Gasteiger partial charge is 0.465 e. The molecule has 0 saturated heterocycles. The van der Waals surface area contributed by atoms with Crippen molar-refractivity contribution in [2.45, 2.75) is 6.92 Å². The molecule has 16 heavy (non-hydrogen) atoms. The quantitative estimate of drug-likeness (QED) is 0.754. The van der Waals surface area contributed by atoms with Gasteiger partial charge in [-0.15, -0.1) is 0 Å². The number of ether oxygens (including phenoxy) is 1. The zero-order valence-electron chi connectivity index (χ0n) is 8.64. The lowest BCUT2D eigenvalue weighted by molar-refractivity contribution is 0.0601. The van der Waals surface area contributed by atoms with Gasteiger partial charge in [0.1, 0.15) is 22.7 Å². The predicted molar refractivity (Wildman–Crippen MR) is 59.9 cm³/mol. The van der Waals surface area contributed by atoms with Gasteiger partial charge < -0.3 is 9.15 Å². The molecule has 0 aliphatic heterocycles. The lowest BCUT2D eigenvalue weighted by Gasteiger charge is -2.02. The van der Waals surface area contributed by atoms with Crippen LogP contribution in [-0.2, 0) is 4.74 Å². The number of rotatable bonds is 1. The number of esters is 1. The number of halogens is 2. The van der Waals surface area contributed by atoms with Crippen LogP contribution in [0.3, 0.4) is 0 Å². The van der Waals surface area contributed by atoms with E-state index >= 15 is 0 Å². The summed E-state index contributed by atoms with van der Waals surface area (Å²) in [5.74, 6) is -0.536. The topological polar surface area (TPSA) is 39.4 Å². The minimum Gasteiger partial charge on any atom is -0.465 e. The first-order chi connectivity index (χ1) is 7.54. The summed E-state index contributed by atoms with van der Waals surface area (Å²) < 4.78 is 23.7. The van der Waals surface area contributed by atoms with Gasteiger partial charge in [-0.3, -0.25) is 0 Å². The highest BCUT2D eigenvalue weighted by Gasteiger charge is 2.19. The number of fused-ring (bicyclic) bond motifs is 1. The Morgan fingerprint density at radius 1 is 1.50 bits per heavy atom. The van der Waals surface area contributed by atoms with E-state index in [4.69, 9.17) is 4.42 Å². The van der Waals surface area contributed by atoms with Crippen LogP contribution < -0.4 is 0 Å². The molecular formula is C11H8BrFO3. The van der Waals surface area contributed by atoms with Gasteiger partial charge in [-0.25, -0.2) is 9.18 Å². The van der Waals surface area contributed by atoms with E-state index in [1.54, 1.807) is 13.0 Å². The number of hydrogen-bond acceptors (Lipinski definition) is 3. The van der Waals surface area contributed by atoms with Gasteiger partial charge in [0, 0.05) is 5.39 Å². The van der Waals surface area contributed by atoms with Crippen LogP contribution in [-0.4, -0.2) is 13.1 Å². The molecule has 0 unspecified atom stereocenters. The number of hydrogen-bond donors (Lipinski definition) is 0. The molecule has 0 saturated carbocycles. The first-order valence-electron chi connectivity index (χ1n) is 4.51. The first kappa shape index (κ1) is 11.1. The van der Waals surface area contributed by atoms with Crippen molar-refractivity contribution < 1.29 is 18.3 Å². The summed E-state index contributed by atoms with van der Waals surface area (Å²) in [7, 11) is 1.24. The summed E-state index contributed by atoms with van der Waals surface area (Å²) in [6, 6.07) is 2.76. The summed E-state index contributed by atoms with van der Waals surface area (Å²) in [6.07, 6.45) is 0. The molecule has 0 N–H and O–H groups in total. The maximum atomic E-state index is 13.5. The fraction of sp³-hybridized carbons (Fsp3) is 0.182. The van der Waals surface area contributed by atoms with Gasteiger partial charge in [-0.1, -0.05) is 0 Å². The zero-order chi connectivity index (χ0) is 11.9. The molecule has 0 aliphatic carbocycles. The second kappa shape index (κ2) is 3.90. The van der Waals surface area contributed by atoms with E-state index in [0.29, 0.717) is 16.7 Å². The third kappa shape index (κ3) is 1.61. The SMILES string of the molecule is COC(=O)c1cc(F)c(Br)c2cc(C)oc12. The molecule has 0 atom stereocenters. The highest BCUT2D eigenvalue weighted by molar-refractivity contribution is 9.10. The van der Waals surface area contributed by atoms with Crippen molar-refractivity contribution in [3.8, 4) is 0 Å². The maximum absolute atomic E-state index is 13.5. The average molecular weight is 287 g/mol. The molecule has 0 radical (unpaired) electrons. The van der Waals surface area contributed by atoms with Gasteiger partial charge in [0.05, 0.1) is 11.6 Å². The second-order valence-corrected chi connectivity index (χ2v) is 4.10. The number of benzene rings is 1. The molecule has 84 valence electrons. The molecular weight excluding hydrogens is 279 g/mol. The number of furan rings is 1. The smallest absolute Gasteiger partial charge is 0.341 e. The molecule has 5 heteroatoms. The third-order valence-electron chi connectivity index (χ3n) is 2.22. The third-order valence-corrected chi connectivity index (χ3v) is 3.03. The normalized spacial score (nSPS) is 10.8. The first-order valence-corrected chi connectivity index (χ1v) is 5.30. The van der Waals surface area contributed by atoms with Crippen molar-refractivity contribution in [3.05, 3.63) is 33.7 Å². The van der Waals surface area contributed by atoms with Crippen molar-refractivity contribution in [3.63, 3.8) is 0 Å². The monoisotopic (exact) mass is 286 g/mol. The van der Waals surface area contributed by atoms with Gasteiger partial charge in [0.25, 0.3) is 0 Å². The van der Waals surface area contributed by atoms with Gasteiger partial charge in [0.15, 0.2) is 0 Å². The Kier molecular flexibility index (Phi) is 2.71. The van der Waals surface area contributed by atoms with E-state index < -0.39 is 11.8 Å². The Morgan fingerprint density at radius 3 is 2.81 bits per heavy atom. The van der Waals surface area contributed by atoms with E-state index in [9.17, 15) is 9.18 Å². The molecule has 1 heterocycles. The van der Waals surface area contributed by atoms with Gasteiger partial charge in [-0.2, -0.15) is 0 Å². The minimum atomic E-state index is -0.620. The van der Waals surface area contributed by atoms with Gasteiger partial charge >= 0.3 is 5.97 Å². The van der Waals surface area contributed by atoms with Crippen molar-refractivity contribution in [1.29, 1.82) is 0 Å². The van der Waals surface area contributed by atoms with Crippen LogP contribution >= 0.6 is 15.9 Å². The molecule has 0 aliphatic rings. The fourth-order valence-corrected chi connectivity index (χ4v) is 1.93. The molecule has 2 aromatic rings. The Bertz CT molecular complexity index is 574. The van der Waals surface area contributed by atoms with Crippen molar-refractivity contribution >= 4 is 32.9 Å². The zero-order valence-corrected chi connectivity index (χ0v) is 10.2. The fourth-order valence-electron chi connectivity index (χ4n) is 1.52. The molecule has 2 rings (SSSR count). The minimum absolute atomic E-state index is 0.0892. The van der Waals surface area contributed by atoms with Crippen LogP contribution in [0.2, 0.25) is 0 Å². The molecule has 1 aromatic heterocycles. The maximum Gasteiger partial charge on any atom is 0.341 e. The van der Waals surface area contributed by atoms with Gasteiger partial charge in [0.2, 0.25) is 0 Å². The molecule has 3 nitrogen and oxygen atoms in total. The average Bonchev–Trinajstić information content (AvgIpc) is 2.64. The van der Waals surface area contributed by atoms with Crippen LogP contribution in [0.15, 0.2) is 21.0 Å². The highest BCUT2D eigenvalue weighted by atomic mass is 79.9. The van der Waals surface area contributed by atoms with Crippen molar-refractivity contribution in [1.82, 2.24) is 0 Å². The summed E-state index contributed by atoms with van der Waals surface area (Å²) in [5.41, 5.74) is 0.420. The Labute approximate surface area is 99.3 Å². The van der Waals surface area contributed by atoms with Crippen LogP contribution in [0.25, 0.3) is 11.0 Å². The number of carbonyl (C=O) groups is 1. The van der Waals surface area contributed by atoms with Crippen LogP contribution in [0.1, 0.15) is 16.1 Å². The van der Waals surface area contributed by atoms with E-state index in [1.165, 1.54) is 7.11 Å². The second-order valence-electron chi connectivity index (χ2n) is 3.31. The molecule has 0 bridgehead atoms. The number of carbonyl (C=O) groups excluding carboxylic acids is 1. The molecule has 0 amide bonds. The van der Waals surface area contributed by atoms with E-state index in [2.05, 4.69) is 20.7 Å². The number of methoxy groups -OCH3 is 1. The molecule has 1 aromatic carbocycles. The van der Waals surface area contributed by atoms with Crippen LogP contribution in [0.5, 0.6) is 0 Å². The predicted octanol–water partition coefficient (Wildman–Crippen LogP) is 3.43. The summed E-state index contributed by atoms with van der Waals surface area (Å²) >= 11 is 3.11. The summed E-state index contributed by atoms with van der Waals surface area (Å²) in [5, 5.41) is 0.526. The van der Waals surface area contributed by atoms with Crippen LogP contribution in [0, 0.1) is 12.7 Å². The molecule has 0 spiro atoms. The van der Waals surface area contributed by atoms with Crippen LogP contribution in [0.4, 0.5) is 4.39 Å².